The molecule has 3 aromatic carbocycles. The summed E-state index contributed by atoms with van der Waals surface area (Å²) in [5.41, 5.74) is 3.16. The zero-order chi connectivity index (χ0) is 24.3. The van der Waals surface area contributed by atoms with Gasteiger partial charge in [-0.3, -0.25) is 0 Å². The Labute approximate surface area is 206 Å². The van der Waals surface area contributed by atoms with Crippen molar-refractivity contribution in [2.75, 3.05) is 13.7 Å². The summed E-state index contributed by atoms with van der Waals surface area (Å²) in [6.45, 7) is 1.50. The summed E-state index contributed by atoms with van der Waals surface area (Å²) < 4.78 is 29.8. The summed E-state index contributed by atoms with van der Waals surface area (Å²) in [6, 6.07) is 29.8. The Morgan fingerprint density at radius 2 is 1.29 bits per heavy atom. The normalized spacial score (nSPS) is 22.0. The largest absolute Gasteiger partial charge is 0.467 e. The molecule has 0 aliphatic carbocycles. The lowest BCUT2D eigenvalue weighted by Crippen LogP contribution is -2.54. The molecule has 1 heterocycles. The van der Waals surface area contributed by atoms with E-state index in [1.807, 2.05) is 91.0 Å². The van der Waals surface area contributed by atoms with Crippen LogP contribution in [0, 0.1) is 0 Å². The van der Waals surface area contributed by atoms with Crippen molar-refractivity contribution in [3.8, 4) is 0 Å². The Kier molecular flexibility index (Phi) is 9.43. The van der Waals surface area contributed by atoms with Gasteiger partial charge in [0.2, 0.25) is 0 Å². The van der Waals surface area contributed by atoms with Gasteiger partial charge in [-0.1, -0.05) is 91.0 Å². The second-order valence-electron chi connectivity index (χ2n) is 8.52. The molecule has 4 rings (SSSR count). The average molecular weight is 477 g/mol. The van der Waals surface area contributed by atoms with E-state index in [0.717, 1.165) is 16.7 Å². The van der Waals surface area contributed by atoms with Crippen LogP contribution in [-0.4, -0.2) is 44.1 Å². The predicted octanol–water partition coefficient (Wildman–Crippen LogP) is 4.70. The highest BCUT2D eigenvalue weighted by Gasteiger charge is 2.43. The first-order valence-electron chi connectivity index (χ1n) is 11.9. The van der Waals surface area contributed by atoms with E-state index in [-0.39, 0.29) is 12.7 Å². The minimum Gasteiger partial charge on any atom is -0.467 e. The highest BCUT2D eigenvalue weighted by Crippen LogP contribution is 2.28. The van der Waals surface area contributed by atoms with Gasteiger partial charge in [-0.25, -0.2) is 4.79 Å². The molecule has 0 N–H and O–H groups in total. The fourth-order valence-electron chi connectivity index (χ4n) is 4.13. The maximum Gasteiger partial charge on any atom is 0.335 e. The molecule has 3 aromatic rings. The van der Waals surface area contributed by atoms with Crippen molar-refractivity contribution < 1.29 is 28.5 Å². The van der Waals surface area contributed by atoms with Crippen molar-refractivity contribution in [2.45, 2.75) is 50.7 Å². The molecule has 6 nitrogen and oxygen atoms in total. The van der Waals surface area contributed by atoms with Gasteiger partial charge in [0.25, 0.3) is 0 Å². The number of hydrogen-bond acceptors (Lipinski definition) is 6. The van der Waals surface area contributed by atoms with E-state index in [9.17, 15) is 4.79 Å². The van der Waals surface area contributed by atoms with Gasteiger partial charge in [-0.15, -0.1) is 0 Å². The average Bonchev–Trinajstić information content (AvgIpc) is 2.92. The first kappa shape index (κ1) is 25.1. The van der Waals surface area contributed by atoms with Crippen molar-refractivity contribution in [2.24, 2.45) is 0 Å². The number of methoxy groups -OCH3 is 1. The zero-order valence-corrected chi connectivity index (χ0v) is 20.0. The quantitative estimate of drug-likeness (QED) is 0.374. The maximum atomic E-state index is 12.4. The topological polar surface area (TPSA) is 63.2 Å². The van der Waals surface area contributed by atoms with Crippen molar-refractivity contribution in [3.05, 3.63) is 108 Å². The lowest BCUT2D eigenvalue weighted by atomic mass is 9.97. The third-order valence-corrected chi connectivity index (χ3v) is 5.97. The first-order valence-corrected chi connectivity index (χ1v) is 11.9. The van der Waals surface area contributed by atoms with Gasteiger partial charge in [0, 0.05) is 6.42 Å². The molecule has 1 aliphatic heterocycles. The maximum absolute atomic E-state index is 12.4. The Morgan fingerprint density at radius 3 is 1.83 bits per heavy atom. The van der Waals surface area contributed by atoms with Crippen LogP contribution in [0.1, 0.15) is 23.1 Å². The molecule has 0 spiro atoms. The number of esters is 1. The van der Waals surface area contributed by atoms with Gasteiger partial charge in [-0.2, -0.15) is 0 Å². The lowest BCUT2D eigenvalue weighted by molar-refractivity contribution is -0.226. The van der Waals surface area contributed by atoms with Crippen LogP contribution in [0.4, 0.5) is 0 Å². The van der Waals surface area contributed by atoms with Crippen molar-refractivity contribution in [1.29, 1.82) is 0 Å². The fourth-order valence-corrected chi connectivity index (χ4v) is 4.13. The SMILES string of the molecule is COC(=O)[C@H]1C[C@H](OCc2ccccc2)[C@H](OCc2ccccc2)[C@@H](COCc2ccccc2)O1. The van der Waals surface area contributed by atoms with E-state index in [2.05, 4.69) is 0 Å². The monoisotopic (exact) mass is 476 g/mol. The van der Waals surface area contributed by atoms with Gasteiger partial charge < -0.3 is 23.7 Å². The van der Waals surface area contributed by atoms with Crippen LogP contribution >= 0.6 is 0 Å². The Bertz CT molecular complexity index is 1010. The molecular formula is C29H32O6. The van der Waals surface area contributed by atoms with Gasteiger partial charge in [0.15, 0.2) is 6.10 Å². The minimum atomic E-state index is -0.748. The molecule has 184 valence electrons. The number of ether oxygens (including phenoxy) is 5. The molecule has 0 bridgehead atoms. The van der Waals surface area contributed by atoms with Crippen LogP contribution in [-0.2, 0) is 48.3 Å². The Morgan fingerprint density at radius 1 is 0.771 bits per heavy atom. The summed E-state index contributed by atoms with van der Waals surface area (Å²) >= 11 is 0. The third-order valence-electron chi connectivity index (χ3n) is 5.97. The lowest BCUT2D eigenvalue weighted by Gasteiger charge is -2.40. The van der Waals surface area contributed by atoms with E-state index in [1.165, 1.54) is 7.11 Å². The molecule has 0 aromatic heterocycles. The van der Waals surface area contributed by atoms with E-state index < -0.39 is 24.3 Å². The standard InChI is InChI=1S/C29H32O6/c1-31-29(30)26-17-25(33-19-23-13-7-3-8-14-23)28(34-20-24-15-9-4-10-16-24)27(35-26)21-32-18-22-11-5-2-6-12-22/h2-16,25-28H,17-21H2,1H3/t25-,26+,27+,28-/m0/s1. The van der Waals surface area contributed by atoms with Gasteiger partial charge in [-0.05, 0) is 16.7 Å². The second-order valence-corrected chi connectivity index (χ2v) is 8.52. The molecule has 0 saturated carbocycles. The summed E-state index contributed by atoms with van der Waals surface area (Å²) in [4.78, 5) is 12.4. The first-order chi connectivity index (χ1) is 17.2. The van der Waals surface area contributed by atoms with Crippen LogP contribution in [0.2, 0.25) is 0 Å². The summed E-state index contributed by atoms with van der Waals surface area (Å²) in [5, 5.41) is 0. The van der Waals surface area contributed by atoms with E-state index in [0.29, 0.717) is 26.2 Å². The highest BCUT2D eigenvalue weighted by molar-refractivity contribution is 5.74. The van der Waals surface area contributed by atoms with E-state index in [4.69, 9.17) is 23.7 Å². The van der Waals surface area contributed by atoms with Gasteiger partial charge in [0.05, 0.1) is 39.6 Å². The number of rotatable bonds is 11. The molecule has 6 heteroatoms. The van der Waals surface area contributed by atoms with Crippen LogP contribution in [0.15, 0.2) is 91.0 Å². The molecule has 0 amide bonds. The van der Waals surface area contributed by atoms with Gasteiger partial charge in [0.1, 0.15) is 12.2 Å². The molecular weight excluding hydrogens is 444 g/mol. The summed E-state index contributed by atoms with van der Waals surface area (Å²) in [7, 11) is 1.37. The molecule has 1 saturated heterocycles. The number of carbonyl (C=O) groups excluding carboxylic acids is 1. The van der Waals surface area contributed by atoms with Crippen molar-refractivity contribution in [1.82, 2.24) is 0 Å². The molecule has 1 aliphatic rings. The highest BCUT2D eigenvalue weighted by atomic mass is 16.6. The van der Waals surface area contributed by atoms with Gasteiger partial charge >= 0.3 is 5.97 Å². The van der Waals surface area contributed by atoms with Crippen LogP contribution in [0.3, 0.4) is 0 Å². The van der Waals surface area contributed by atoms with Crippen LogP contribution in [0.5, 0.6) is 0 Å². The minimum absolute atomic E-state index is 0.257. The Balaban J connectivity index is 1.49. The van der Waals surface area contributed by atoms with Crippen molar-refractivity contribution >= 4 is 5.97 Å². The fraction of sp³-hybridized carbons (Fsp3) is 0.345. The number of benzene rings is 3. The van der Waals surface area contributed by atoms with Crippen molar-refractivity contribution in [3.63, 3.8) is 0 Å². The van der Waals surface area contributed by atoms with E-state index in [1.54, 1.807) is 0 Å². The Hall–Kier alpha value is -3.03. The number of hydrogen-bond donors (Lipinski definition) is 0. The molecule has 0 radical (unpaired) electrons. The van der Waals surface area contributed by atoms with E-state index >= 15 is 0 Å². The number of carbonyl (C=O) groups is 1. The molecule has 0 unspecified atom stereocenters. The second kappa shape index (κ2) is 13.2. The zero-order valence-electron chi connectivity index (χ0n) is 20.0. The van der Waals surface area contributed by atoms with Crippen LogP contribution in [0.25, 0.3) is 0 Å². The summed E-state index contributed by atoms with van der Waals surface area (Å²) in [5.74, 6) is -0.423. The summed E-state index contributed by atoms with van der Waals surface area (Å²) in [6.07, 6.45) is -1.70. The molecule has 1 fully saturated rings. The van der Waals surface area contributed by atoms with Crippen LogP contribution < -0.4 is 0 Å². The smallest absolute Gasteiger partial charge is 0.335 e. The molecule has 4 atom stereocenters. The predicted molar refractivity (Wildman–Crippen MR) is 131 cm³/mol. The molecule has 35 heavy (non-hydrogen) atoms. The third kappa shape index (κ3) is 7.47.